The van der Waals surface area contributed by atoms with Crippen molar-refractivity contribution in [2.75, 3.05) is 44.8 Å². The molecule has 0 atom stereocenters. The molecule has 0 spiro atoms. The van der Waals surface area contributed by atoms with Crippen LogP contribution in [0.5, 0.6) is 0 Å². The van der Waals surface area contributed by atoms with Gasteiger partial charge in [-0.05, 0) is 101 Å². The van der Waals surface area contributed by atoms with Gasteiger partial charge < -0.3 is 29.9 Å². The van der Waals surface area contributed by atoms with Crippen LogP contribution in [0.25, 0.3) is 11.3 Å². The highest BCUT2D eigenvalue weighted by Crippen LogP contribution is 2.70. The van der Waals surface area contributed by atoms with E-state index in [4.69, 9.17) is 22.1 Å². The molecule has 0 aromatic carbocycles. The SMILES string of the molecule is CC1(C)OB(c2cnc(N)c(C(F)(F)F)c2)OC1(C)C.CCc1nc(-c2cnc(N)c(C(F)(F)F)c2)cn1C12CC(N3CCC(F)(F)CC3)(C1)C2.CCc1nc(I)cn1C12CC(N3CCC(F)(F)CC3)(C1)C2.[2H]CF. The van der Waals surface area contributed by atoms with Crippen molar-refractivity contribution in [1.29, 1.82) is 0 Å². The molecule has 0 unspecified atom stereocenters. The molecule has 13 rings (SSSR count). The van der Waals surface area contributed by atoms with Gasteiger partial charge in [0.05, 0.1) is 47.6 Å². The van der Waals surface area contributed by atoms with Crippen LogP contribution < -0.4 is 16.9 Å². The first kappa shape index (κ1) is 55.0. The van der Waals surface area contributed by atoms with Gasteiger partial charge in [0.2, 0.25) is 0 Å². The fourth-order valence-corrected chi connectivity index (χ4v) is 12.7. The van der Waals surface area contributed by atoms with Gasteiger partial charge in [0.25, 0.3) is 11.8 Å². The molecule has 0 amide bonds. The second kappa shape index (κ2) is 19.3. The van der Waals surface area contributed by atoms with E-state index in [2.05, 4.69) is 74.6 Å². The van der Waals surface area contributed by atoms with Crippen LogP contribution in [0.1, 0.15) is 130 Å². The second-order valence-corrected chi connectivity index (χ2v) is 23.2. The van der Waals surface area contributed by atoms with E-state index in [0.717, 1.165) is 72.4 Å². The Morgan fingerprint density at radius 1 is 0.649 bits per heavy atom. The fraction of sp³-hybridized carbons (Fsp3) is 0.673. The first-order chi connectivity index (χ1) is 34.7. The van der Waals surface area contributed by atoms with Crippen LogP contribution in [0.15, 0.2) is 36.9 Å². The number of anilines is 2. The highest BCUT2D eigenvalue weighted by molar-refractivity contribution is 14.1. The first-order valence-electron chi connectivity index (χ1n) is 25.4. The van der Waals surface area contributed by atoms with Crippen LogP contribution >= 0.6 is 22.6 Å². The van der Waals surface area contributed by atoms with E-state index in [0.29, 0.717) is 38.3 Å². The van der Waals surface area contributed by atoms with Gasteiger partial charge >= 0.3 is 19.5 Å². The number of halogens is 12. The van der Waals surface area contributed by atoms with Crippen molar-refractivity contribution < 1.29 is 59.0 Å². The third kappa shape index (κ3) is 10.3. The van der Waals surface area contributed by atoms with Gasteiger partial charge in [-0.3, -0.25) is 14.2 Å². The van der Waals surface area contributed by atoms with Gasteiger partial charge in [-0.2, -0.15) is 26.3 Å². The molecule has 3 saturated heterocycles. The first-order valence-corrected chi connectivity index (χ1v) is 25.7. The van der Waals surface area contributed by atoms with Crippen molar-refractivity contribution in [3.05, 3.63) is 63.4 Å². The van der Waals surface area contributed by atoms with Crippen molar-refractivity contribution in [3.8, 4) is 11.3 Å². The summed E-state index contributed by atoms with van der Waals surface area (Å²) in [5.74, 6) is -4.14. The zero-order valence-electron chi connectivity index (χ0n) is 43.1. The third-order valence-electron chi connectivity index (χ3n) is 16.8. The van der Waals surface area contributed by atoms with Crippen LogP contribution in [0.4, 0.5) is 59.9 Å². The van der Waals surface area contributed by atoms with Crippen molar-refractivity contribution in [2.45, 2.75) is 176 Å². The summed E-state index contributed by atoms with van der Waals surface area (Å²) in [5.41, 5.74) is 8.71. The summed E-state index contributed by atoms with van der Waals surface area (Å²) in [7, 11) is -1.89. The number of hydrogen-bond acceptors (Lipinski definition) is 10. The summed E-state index contributed by atoms with van der Waals surface area (Å²) in [5, 5.41) is 0. The van der Waals surface area contributed by atoms with Crippen LogP contribution in [-0.4, -0.2) is 113 Å². The highest BCUT2D eigenvalue weighted by atomic mass is 127. The van der Waals surface area contributed by atoms with Gasteiger partial charge in [0, 0.05) is 112 Å². The molecule has 25 heteroatoms. The Kier molecular flexibility index (Phi) is 14.3. The molecule has 3 aliphatic heterocycles. The number of hydrogen-bond donors (Lipinski definition) is 2. The van der Waals surface area contributed by atoms with Gasteiger partial charge in [-0.15, -0.1) is 0 Å². The number of aromatic nitrogens is 6. The van der Waals surface area contributed by atoms with E-state index in [-0.39, 0.29) is 58.9 Å². The van der Waals surface area contributed by atoms with Gasteiger partial charge in [-0.25, -0.2) is 37.5 Å². The number of rotatable bonds is 8. The Hall–Kier alpha value is -3.82. The Balaban J connectivity index is 0.000000150. The number of likely N-dealkylation sites (tertiary alicyclic amines) is 2. The monoisotopic (exact) mass is 1170 g/mol. The number of nitrogen functional groups attached to an aromatic ring is 2. The lowest BCUT2D eigenvalue weighted by atomic mass is 9.43. The van der Waals surface area contributed by atoms with Crippen molar-refractivity contribution in [2.24, 2.45) is 0 Å². The predicted molar refractivity (Wildman–Crippen MR) is 266 cm³/mol. The number of imidazole rings is 2. The maximum Gasteiger partial charge on any atom is 0.496 e. The lowest BCUT2D eigenvalue weighted by Gasteiger charge is -2.75. The standard InChI is InChI=1S/C21H24F5N5.C15H20F2IN3.C12H16BF3N2O2.CH3F/c1-2-16-29-15(13-7-14(21(24,25)26)17(27)28-8-13)9-31(16)19-10-18(11-19,12-19)30-5-3-20(22,23)4-6-30;1-2-12-19-11(18)7-21(12)14-8-13(9-14,10-14)20-5-3-15(16,17)4-6-20;1-10(2)11(3,4)20-13(19-10)7-5-8(12(14,15)16)9(17)18-6-7;1-2/h7-9H,2-6,10-12H2,1H3,(H2,27,28);7H,2-6,8-10H2,1H3;5-6H,1-4H3,(H2,17,18);1H3/i;;;1D. The topological polar surface area (TPSA) is 138 Å². The summed E-state index contributed by atoms with van der Waals surface area (Å²) in [4.78, 5) is 21.0. The van der Waals surface area contributed by atoms with Gasteiger partial charge in [-0.1, -0.05) is 13.8 Å². The van der Waals surface area contributed by atoms with Crippen molar-refractivity contribution in [1.82, 2.24) is 38.9 Å². The molecule has 4 N–H and O–H groups in total. The maximum atomic E-state index is 13.5. The smallest absolute Gasteiger partial charge is 0.399 e. The summed E-state index contributed by atoms with van der Waals surface area (Å²) in [6.07, 6.45) is 4.78. The average molecular weight is 1170 g/mol. The lowest BCUT2D eigenvalue weighted by molar-refractivity contribution is -0.224. The Morgan fingerprint density at radius 2 is 1.04 bits per heavy atom. The number of nitrogens with two attached hydrogens (primary N) is 2. The highest BCUT2D eigenvalue weighted by Gasteiger charge is 2.73. The van der Waals surface area contributed by atoms with Gasteiger partial charge in [0.15, 0.2) is 0 Å². The number of nitrogens with zero attached hydrogens (tertiary/aromatic N) is 8. The molecule has 9 fully saturated rings. The molecule has 9 aliphatic rings. The molecular formula is C49H63BF11IN10O2. The Morgan fingerprint density at radius 3 is 1.46 bits per heavy atom. The molecule has 4 aromatic rings. The molecule has 4 bridgehead atoms. The van der Waals surface area contributed by atoms with Crippen LogP contribution in [0, 0.1) is 3.70 Å². The molecule has 408 valence electrons. The minimum Gasteiger partial charge on any atom is -0.399 e. The molecule has 7 heterocycles. The molecule has 12 nitrogen and oxygen atoms in total. The minimum absolute atomic E-state index is 0.0157. The average Bonchev–Trinajstić information content (AvgIpc) is 3.92. The summed E-state index contributed by atoms with van der Waals surface area (Å²) in [6.45, 7) is 13.3. The van der Waals surface area contributed by atoms with Crippen LogP contribution in [0.2, 0.25) is 0 Å². The van der Waals surface area contributed by atoms with Crippen molar-refractivity contribution >= 4 is 46.8 Å². The Labute approximate surface area is 438 Å². The largest absolute Gasteiger partial charge is 0.496 e. The molecular weight excluding hydrogens is 1110 g/mol. The molecule has 6 saturated carbocycles. The van der Waals surface area contributed by atoms with Crippen LogP contribution in [0.3, 0.4) is 0 Å². The summed E-state index contributed by atoms with van der Waals surface area (Å²) in [6, 6.07) is 1.91. The lowest BCUT2D eigenvalue weighted by Crippen LogP contribution is -2.79. The molecule has 6 aliphatic carbocycles. The fourth-order valence-electron chi connectivity index (χ4n) is 12.1. The summed E-state index contributed by atoms with van der Waals surface area (Å²) < 4.78 is 164. The second-order valence-electron chi connectivity index (χ2n) is 22.1. The zero-order valence-corrected chi connectivity index (χ0v) is 44.3. The number of pyridine rings is 2. The van der Waals surface area contributed by atoms with E-state index in [1.807, 2.05) is 34.6 Å². The summed E-state index contributed by atoms with van der Waals surface area (Å²) >= 11 is 2.27. The van der Waals surface area contributed by atoms with E-state index in [9.17, 15) is 48.3 Å². The maximum absolute atomic E-state index is 13.5. The van der Waals surface area contributed by atoms with E-state index < -0.39 is 72.4 Å². The van der Waals surface area contributed by atoms with E-state index in [1.165, 1.54) is 12.4 Å². The number of alkyl halides is 11. The van der Waals surface area contributed by atoms with E-state index in [1.54, 1.807) is 6.20 Å². The van der Waals surface area contributed by atoms with Gasteiger partial charge in [0.1, 0.15) is 27.0 Å². The van der Waals surface area contributed by atoms with E-state index >= 15 is 0 Å². The molecule has 0 radical (unpaired) electrons. The van der Waals surface area contributed by atoms with Crippen LogP contribution in [-0.2, 0) is 45.6 Å². The third-order valence-corrected chi connectivity index (χ3v) is 17.3. The quantitative estimate of drug-likeness (QED) is 0.0996. The zero-order chi connectivity index (χ0) is 55.2. The number of aryl methyl sites for hydroxylation is 2. The molecule has 74 heavy (non-hydrogen) atoms. The normalized spacial score (nSPS) is 29.3. The van der Waals surface area contributed by atoms with Crippen molar-refractivity contribution in [3.63, 3.8) is 0 Å². The predicted octanol–water partition coefficient (Wildman–Crippen LogP) is 10.5. The number of piperidine rings is 2. The minimum atomic E-state index is -4.59. The Bertz CT molecular complexity index is 2660. The molecule has 4 aromatic heterocycles.